The summed E-state index contributed by atoms with van der Waals surface area (Å²) in [6, 6.07) is 4.35. The summed E-state index contributed by atoms with van der Waals surface area (Å²) in [5, 5.41) is 2.69. The third kappa shape index (κ3) is 3.90. The lowest BCUT2D eigenvalue weighted by Gasteiger charge is -2.28. The summed E-state index contributed by atoms with van der Waals surface area (Å²) >= 11 is 3.40. The standard InChI is InChI=1S/C23H27BrN2O5/c1-11(2)20(26-21(28)18-13-4-5-14(9-13)19(18)22(26)29)23(30)31-10-17(27)25-15-6-7-16(24)12(3)8-15/h6-8,11,13-14,18-20H,4-5,9-10H2,1-3H3,(H,25,27)/t13-,14-,18-,19-,20-/m0/s1. The average molecular weight is 491 g/mol. The van der Waals surface area contributed by atoms with Gasteiger partial charge in [0.2, 0.25) is 11.8 Å². The van der Waals surface area contributed by atoms with Crippen LogP contribution in [-0.2, 0) is 23.9 Å². The van der Waals surface area contributed by atoms with Crippen LogP contribution in [0.5, 0.6) is 0 Å². The molecule has 3 aliphatic rings. The first-order valence-electron chi connectivity index (χ1n) is 10.8. The molecule has 1 heterocycles. The van der Waals surface area contributed by atoms with Crippen LogP contribution in [0.25, 0.3) is 0 Å². The van der Waals surface area contributed by atoms with Crippen molar-refractivity contribution in [3.8, 4) is 0 Å². The fourth-order valence-electron chi connectivity index (χ4n) is 5.52. The van der Waals surface area contributed by atoms with Gasteiger partial charge in [-0.3, -0.25) is 19.3 Å². The molecule has 3 amide bonds. The van der Waals surface area contributed by atoms with E-state index in [1.54, 1.807) is 26.0 Å². The zero-order valence-electron chi connectivity index (χ0n) is 17.9. The maximum atomic E-state index is 13.1. The van der Waals surface area contributed by atoms with Crippen molar-refractivity contribution in [2.75, 3.05) is 11.9 Å². The minimum atomic E-state index is -1.01. The van der Waals surface area contributed by atoms with E-state index >= 15 is 0 Å². The maximum absolute atomic E-state index is 13.1. The number of nitrogens with one attached hydrogen (secondary N) is 1. The third-order valence-corrected chi connectivity index (χ3v) is 7.79. The summed E-state index contributed by atoms with van der Waals surface area (Å²) in [5.41, 5.74) is 1.55. The minimum Gasteiger partial charge on any atom is -0.454 e. The van der Waals surface area contributed by atoms with Crippen molar-refractivity contribution < 1.29 is 23.9 Å². The number of halogens is 1. The number of likely N-dealkylation sites (tertiary alicyclic amines) is 1. The van der Waals surface area contributed by atoms with Gasteiger partial charge in [0.25, 0.3) is 5.91 Å². The molecular formula is C23H27BrN2O5. The number of fused-ring (bicyclic) bond motifs is 5. The Kier molecular flexibility index (Phi) is 5.94. The van der Waals surface area contributed by atoms with Gasteiger partial charge in [-0.05, 0) is 67.7 Å². The molecule has 2 saturated carbocycles. The molecule has 0 unspecified atom stereocenters. The van der Waals surface area contributed by atoms with Crippen molar-refractivity contribution in [1.29, 1.82) is 0 Å². The van der Waals surface area contributed by atoms with Crippen LogP contribution in [-0.4, -0.2) is 41.2 Å². The van der Waals surface area contributed by atoms with Crippen LogP contribution < -0.4 is 5.32 Å². The van der Waals surface area contributed by atoms with Crippen molar-refractivity contribution >= 4 is 45.3 Å². The fraction of sp³-hybridized carbons (Fsp3) is 0.565. The van der Waals surface area contributed by atoms with E-state index in [1.807, 2.05) is 13.0 Å². The highest BCUT2D eigenvalue weighted by Gasteiger charge is 2.62. The zero-order valence-corrected chi connectivity index (χ0v) is 19.5. The largest absolute Gasteiger partial charge is 0.454 e. The van der Waals surface area contributed by atoms with Crippen molar-refractivity contribution in [3.05, 3.63) is 28.2 Å². The highest BCUT2D eigenvalue weighted by atomic mass is 79.9. The number of benzene rings is 1. The van der Waals surface area contributed by atoms with Crippen LogP contribution in [0, 0.1) is 36.5 Å². The number of carbonyl (C=O) groups excluding carboxylic acids is 4. The first kappa shape index (κ1) is 22.0. The highest BCUT2D eigenvalue weighted by Crippen LogP contribution is 2.56. The van der Waals surface area contributed by atoms with Gasteiger partial charge in [-0.15, -0.1) is 0 Å². The van der Waals surface area contributed by atoms with Crippen LogP contribution in [0.4, 0.5) is 5.69 Å². The molecular weight excluding hydrogens is 464 g/mol. The third-order valence-electron chi connectivity index (χ3n) is 6.90. The van der Waals surface area contributed by atoms with Crippen molar-refractivity contribution in [1.82, 2.24) is 4.90 Å². The number of nitrogens with zero attached hydrogens (tertiary/aromatic N) is 1. The lowest BCUT2D eigenvalue weighted by molar-refractivity contribution is -0.162. The average Bonchev–Trinajstić information content (AvgIpc) is 3.39. The van der Waals surface area contributed by atoms with Gasteiger partial charge in [-0.2, -0.15) is 0 Å². The molecule has 1 aliphatic heterocycles. The number of aryl methyl sites for hydroxylation is 1. The van der Waals surface area contributed by atoms with E-state index in [9.17, 15) is 19.2 Å². The van der Waals surface area contributed by atoms with Gasteiger partial charge in [0, 0.05) is 10.2 Å². The Morgan fingerprint density at radius 3 is 2.32 bits per heavy atom. The number of esters is 1. The number of rotatable bonds is 6. The highest BCUT2D eigenvalue weighted by molar-refractivity contribution is 9.10. The van der Waals surface area contributed by atoms with Gasteiger partial charge in [-0.1, -0.05) is 29.8 Å². The molecule has 8 heteroatoms. The smallest absolute Gasteiger partial charge is 0.330 e. The van der Waals surface area contributed by atoms with Crippen LogP contribution >= 0.6 is 15.9 Å². The summed E-state index contributed by atoms with van der Waals surface area (Å²) in [7, 11) is 0. The zero-order chi connectivity index (χ0) is 22.4. The van der Waals surface area contributed by atoms with Crippen molar-refractivity contribution in [3.63, 3.8) is 0 Å². The van der Waals surface area contributed by atoms with Crippen LogP contribution in [0.2, 0.25) is 0 Å². The van der Waals surface area contributed by atoms with E-state index in [1.165, 1.54) is 0 Å². The van der Waals surface area contributed by atoms with Gasteiger partial charge in [0.1, 0.15) is 6.04 Å². The summed E-state index contributed by atoms with van der Waals surface area (Å²) in [6.45, 7) is 4.98. The Hall–Kier alpha value is -2.22. The van der Waals surface area contributed by atoms with Crippen LogP contribution in [0.3, 0.4) is 0 Å². The SMILES string of the molecule is Cc1cc(NC(=O)COC(=O)[C@H](C(C)C)N2C(=O)[C@H]3[C@H]4CC[C@@H](C4)[C@@H]3C2=O)ccc1Br. The molecule has 0 spiro atoms. The molecule has 5 atom stereocenters. The predicted octanol–water partition coefficient (Wildman–Crippen LogP) is 3.29. The molecule has 4 rings (SSSR count). The molecule has 1 saturated heterocycles. The molecule has 2 bridgehead atoms. The molecule has 2 aliphatic carbocycles. The number of carbonyl (C=O) groups is 4. The summed E-state index contributed by atoms with van der Waals surface area (Å²) in [5.74, 6) is -2.07. The quantitative estimate of drug-likeness (QED) is 0.487. The topological polar surface area (TPSA) is 92.8 Å². The molecule has 166 valence electrons. The normalized spacial score (nSPS) is 27.6. The van der Waals surface area contributed by atoms with Gasteiger partial charge < -0.3 is 10.1 Å². The second-order valence-corrected chi connectivity index (χ2v) is 10.1. The molecule has 1 N–H and O–H groups in total. The predicted molar refractivity (Wildman–Crippen MR) is 117 cm³/mol. The van der Waals surface area contributed by atoms with E-state index in [0.717, 1.165) is 34.2 Å². The number of imide groups is 1. The molecule has 3 fully saturated rings. The second-order valence-electron chi connectivity index (χ2n) is 9.24. The van der Waals surface area contributed by atoms with Crippen LogP contribution in [0.15, 0.2) is 22.7 Å². The number of amides is 3. The van der Waals surface area contributed by atoms with E-state index in [0.29, 0.717) is 5.69 Å². The van der Waals surface area contributed by atoms with Gasteiger partial charge in [0.15, 0.2) is 6.61 Å². The summed E-state index contributed by atoms with van der Waals surface area (Å²) in [4.78, 5) is 52.4. The Bertz CT molecular complexity index is 918. The van der Waals surface area contributed by atoms with Gasteiger partial charge >= 0.3 is 5.97 Å². The van der Waals surface area contributed by atoms with Crippen LogP contribution in [0.1, 0.15) is 38.7 Å². The molecule has 7 nitrogen and oxygen atoms in total. The lowest BCUT2D eigenvalue weighted by Crippen LogP contribution is -2.50. The summed E-state index contributed by atoms with van der Waals surface area (Å²) in [6.07, 6.45) is 2.89. The minimum absolute atomic E-state index is 0.243. The van der Waals surface area contributed by atoms with Gasteiger partial charge in [0.05, 0.1) is 11.8 Å². The van der Waals surface area contributed by atoms with E-state index in [-0.39, 0.29) is 41.4 Å². The van der Waals surface area contributed by atoms with E-state index < -0.39 is 24.5 Å². The molecule has 0 aromatic heterocycles. The molecule has 1 aromatic carbocycles. The Morgan fingerprint density at radius 2 is 1.77 bits per heavy atom. The lowest BCUT2D eigenvalue weighted by atomic mass is 9.81. The number of hydrogen-bond acceptors (Lipinski definition) is 5. The Morgan fingerprint density at radius 1 is 1.16 bits per heavy atom. The fourth-order valence-corrected chi connectivity index (χ4v) is 5.77. The Labute approximate surface area is 190 Å². The van der Waals surface area contributed by atoms with Crippen molar-refractivity contribution in [2.24, 2.45) is 29.6 Å². The van der Waals surface area contributed by atoms with E-state index in [4.69, 9.17) is 4.74 Å². The first-order valence-corrected chi connectivity index (χ1v) is 11.6. The summed E-state index contributed by atoms with van der Waals surface area (Å²) < 4.78 is 6.17. The van der Waals surface area contributed by atoms with Gasteiger partial charge in [-0.25, -0.2) is 4.79 Å². The molecule has 31 heavy (non-hydrogen) atoms. The Balaban J connectivity index is 1.41. The van der Waals surface area contributed by atoms with Crippen molar-refractivity contribution in [2.45, 2.75) is 46.1 Å². The maximum Gasteiger partial charge on any atom is 0.330 e. The first-order chi connectivity index (χ1) is 14.7. The molecule has 1 aromatic rings. The van der Waals surface area contributed by atoms with E-state index in [2.05, 4.69) is 21.2 Å². The number of ether oxygens (including phenoxy) is 1. The molecule has 0 radical (unpaired) electrons. The number of hydrogen-bond donors (Lipinski definition) is 1. The second kappa shape index (κ2) is 8.37. The number of anilines is 1. The monoisotopic (exact) mass is 490 g/mol.